The van der Waals surface area contributed by atoms with Crippen molar-refractivity contribution in [3.63, 3.8) is 0 Å². The molecule has 0 radical (unpaired) electrons. The molecule has 0 unspecified atom stereocenters. The highest BCUT2D eigenvalue weighted by molar-refractivity contribution is 5.89. The van der Waals surface area contributed by atoms with E-state index < -0.39 is 0 Å². The van der Waals surface area contributed by atoms with Crippen LogP contribution in [0.4, 0.5) is 5.82 Å². The van der Waals surface area contributed by atoms with Gasteiger partial charge in [0.2, 0.25) is 0 Å². The first-order chi connectivity index (χ1) is 7.77. The van der Waals surface area contributed by atoms with Crippen molar-refractivity contribution < 1.29 is 9.53 Å². The van der Waals surface area contributed by atoms with Crippen molar-refractivity contribution in [2.45, 2.75) is 13.3 Å². The van der Waals surface area contributed by atoms with E-state index in [0.29, 0.717) is 17.9 Å². The molecule has 4 nitrogen and oxygen atoms in total. The van der Waals surface area contributed by atoms with Crippen LogP contribution in [0.3, 0.4) is 0 Å². The molecule has 0 atom stereocenters. The number of pyridine rings is 1. The summed E-state index contributed by atoms with van der Waals surface area (Å²) in [6, 6.07) is 3.27. The molecule has 1 N–H and O–H groups in total. The molecule has 0 saturated heterocycles. The van der Waals surface area contributed by atoms with E-state index in [9.17, 15) is 4.79 Å². The van der Waals surface area contributed by atoms with Gasteiger partial charge in [0.1, 0.15) is 5.82 Å². The third-order valence-corrected chi connectivity index (χ3v) is 1.91. The molecule has 0 bridgehead atoms. The standard InChI is InChI=1S/C12H14N2O2/c1-3-4-5-7-13-11-9-10(6-8-14-11)12(15)16-2/h6,8-9H,5,7H2,1-2H3,(H,13,14). The maximum atomic E-state index is 11.2. The zero-order valence-electron chi connectivity index (χ0n) is 9.41. The van der Waals surface area contributed by atoms with Gasteiger partial charge in [-0.3, -0.25) is 0 Å². The zero-order chi connectivity index (χ0) is 11.8. The monoisotopic (exact) mass is 218 g/mol. The Morgan fingerprint density at radius 3 is 3.12 bits per heavy atom. The molecule has 84 valence electrons. The number of nitrogens with one attached hydrogen (secondary N) is 1. The molecular formula is C12H14N2O2. The number of rotatable bonds is 4. The molecule has 0 aliphatic rings. The van der Waals surface area contributed by atoms with Gasteiger partial charge in [-0.05, 0) is 19.1 Å². The lowest BCUT2D eigenvalue weighted by molar-refractivity contribution is 0.0600. The molecule has 1 aromatic heterocycles. The second-order valence-corrected chi connectivity index (χ2v) is 3.02. The molecule has 0 aromatic carbocycles. The summed E-state index contributed by atoms with van der Waals surface area (Å²) in [6.07, 6.45) is 2.32. The lowest BCUT2D eigenvalue weighted by Crippen LogP contribution is -2.06. The smallest absolute Gasteiger partial charge is 0.338 e. The van der Waals surface area contributed by atoms with Gasteiger partial charge in [0.15, 0.2) is 0 Å². The first kappa shape index (κ1) is 12.1. The number of nitrogens with zero attached hydrogens (tertiary/aromatic N) is 1. The number of carbonyl (C=O) groups is 1. The van der Waals surface area contributed by atoms with E-state index in [2.05, 4.69) is 26.9 Å². The minimum absolute atomic E-state index is 0.362. The van der Waals surface area contributed by atoms with E-state index in [4.69, 9.17) is 0 Å². The Morgan fingerprint density at radius 1 is 1.62 bits per heavy atom. The molecule has 0 saturated carbocycles. The molecule has 1 rings (SSSR count). The van der Waals surface area contributed by atoms with Crippen molar-refractivity contribution in [1.29, 1.82) is 0 Å². The van der Waals surface area contributed by atoms with Crippen molar-refractivity contribution in [3.05, 3.63) is 23.9 Å². The average molecular weight is 218 g/mol. The molecule has 0 spiro atoms. The molecule has 0 amide bonds. The Kier molecular flexibility index (Phi) is 4.87. The molecule has 0 fully saturated rings. The van der Waals surface area contributed by atoms with Gasteiger partial charge in [-0.25, -0.2) is 9.78 Å². The lowest BCUT2D eigenvalue weighted by atomic mass is 10.2. The van der Waals surface area contributed by atoms with Gasteiger partial charge in [-0.2, -0.15) is 0 Å². The van der Waals surface area contributed by atoms with Crippen LogP contribution in [0.15, 0.2) is 18.3 Å². The molecule has 0 aliphatic carbocycles. The Balaban J connectivity index is 2.59. The summed E-state index contributed by atoms with van der Waals surface area (Å²) in [4.78, 5) is 15.3. The Hall–Kier alpha value is -2.02. The number of carbonyl (C=O) groups excluding carboxylic acids is 1. The summed E-state index contributed by atoms with van der Waals surface area (Å²) in [5, 5.41) is 3.08. The van der Waals surface area contributed by atoms with Crippen molar-refractivity contribution in [2.75, 3.05) is 19.0 Å². The van der Waals surface area contributed by atoms with Crippen molar-refractivity contribution >= 4 is 11.8 Å². The number of esters is 1. The van der Waals surface area contributed by atoms with Crippen LogP contribution in [-0.2, 0) is 4.74 Å². The molecule has 0 aliphatic heterocycles. The quantitative estimate of drug-likeness (QED) is 0.474. The topological polar surface area (TPSA) is 51.2 Å². The maximum absolute atomic E-state index is 11.2. The van der Waals surface area contributed by atoms with Gasteiger partial charge in [-0.1, -0.05) is 0 Å². The normalized spacial score (nSPS) is 8.88. The van der Waals surface area contributed by atoms with Crippen LogP contribution in [0.25, 0.3) is 0 Å². The van der Waals surface area contributed by atoms with Crippen molar-refractivity contribution in [1.82, 2.24) is 4.98 Å². The molecule has 1 heterocycles. The number of methoxy groups -OCH3 is 1. The third kappa shape index (κ3) is 3.62. The SMILES string of the molecule is CC#CCCNc1cc(C(=O)OC)ccn1. The van der Waals surface area contributed by atoms with E-state index in [1.807, 2.05) is 0 Å². The van der Waals surface area contributed by atoms with Crippen LogP contribution >= 0.6 is 0 Å². The van der Waals surface area contributed by atoms with Gasteiger partial charge in [0, 0.05) is 19.2 Å². The van der Waals surface area contributed by atoms with Gasteiger partial charge < -0.3 is 10.1 Å². The summed E-state index contributed by atoms with van der Waals surface area (Å²) in [5.41, 5.74) is 0.488. The highest BCUT2D eigenvalue weighted by Gasteiger charge is 2.05. The van der Waals surface area contributed by atoms with E-state index in [1.54, 1.807) is 25.3 Å². The fourth-order valence-corrected chi connectivity index (χ4v) is 1.15. The second kappa shape index (κ2) is 6.46. The minimum Gasteiger partial charge on any atom is -0.465 e. The average Bonchev–Trinajstić information content (AvgIpc) is 2.34. The fraction of sp³-hybridized carbons (Fsp3) is 0.333. The number of hydrogen-bond donors (Lipinski definition) is 1. The Labute approximate surface area is 95.0 Å². The first-order valence-electron chi connectivity index (χ1n) is 4.95. The van der Waals surface area contributed by atoms with Gasteiger partial charge in [0.25, 0.3) is 0 Å². The van der Waals surface area contributed by atoms with Crippen LogP contribution in [0, 0.1) is 11.8 Å². The van der Waals surface area contributed by atoms with Crippen LogP contribution < -0.4 is 5.32 Å². The van der Waals surface area contributed by atoms with E-state index in [0.717, 1.165) is 6.42 Å². The Morgan fingerprint density at radius 2 is 2.44 bits per heavy atom. The second-order valence-electron chi connectivity index (χ2n) is 3.02. The number of aromatic nitrogens is 1. The number of hydrogen-bond acceptors (Lipinski definition) is 4. The van der Waals surface area contributed by atoms with Crippen molar-refractivity contribution in [3.8, 4) is 11.8 Å². The lowest BCUT2D eigenvalue weighted by Gasteiger charge is -2.04. The summed E-state index contributed by atoms with van der Waals surface area (Å²) < 4.78 is 4.62. The third-order valence-electron chi connectivity index (χ3n) is 1.91. The Bertz CT molecular complexity index is 419. The molecule has 4 heteroatoms. The number of ether oxygens (including phenoxy) is 1. The number of anilines is 1. The molecular weight excluding hydrogens is 204 g/mol. The summed E-state index contributed by atoms with van der Waals surface area (Å²) in [7, 11) is 1.35. The first-order valence-corrected chi connectivity index (χ1v) is 4.95. The molecule has 1 aromatic rings. The highest BCUT2D eigenvalue weighted by Crippen LogP contribution is 2.07. The van der Waals surface area contributed by atoms with E-state index >= 15 is 0 Å². The fourth-order valence-electron chi connectivity index (χ4n) is 1.15. The maximum Gasteiger partial charge on any atom is 0.338 e. The van der Waals surface area contributed by atoms with E-state index in [-0.39, 0.29) is 5.97 Å². The summed E-state index contributed by atoms with van der Waals surface area (Å²) in [6.45, 7) is 2.51. The molecule has 16 heavy (non-hydrogen) atoms. The van der Waals surface area contributed by atoms with Crippen LogP contribution in [0.5, 0.6) is 0 Å². The largest absolute Gasteiger partial charge is 0.465 e. The summed E-state index contributed by atoms with van der Waals surface area (Å²) >= 11 is 0. The summed E-state index contributed by atoms with van der Waals surface area (Å²) in [5.74, 6) is 6.03. The van der Waals surface area contributed by atoms with Crippen LogP contribution in [0.2, 0.25) is 0 Å². The van der Waals surface area contributed by atoms with E-state index in [1.165, 1.54) is 7.11 Å². The minimum atomic E-state index is -0.362. The predicted octanol–water partition coefficient (Wildman–Crippen LogP) is 1.69. The van der Waals surface area contributed by atoms with Gasteiger partial charge >= 0.3 is 5.97 Å². The highest BCUT2D eigenvalue weighted by atomic mass is 16.5. The van der Waals surface area contributed by atoms with Crippen LogP contribution in [0.1, 0.15) is 23.7 Å². The zero-order valence-corrected chi connectivity index (χ0v) is 9.41. The predicted molar refractivity (Wildman–Crippen MR) is 62.1 cm³/mol. The van der Waals surface area contributed by atoms with Gasteiger partial charge in [-0.15, -0.1) is 11.8 Å². The van der Waals surface area contributed by atoms with Gasteiger partial charge in [0.05, 0.1) is 12.7 Å². The van der Waals surface area contributed by atoms with Crippen LogP contribution in [-0.4, -0.2) is 24.6 Å². The van der Waals surface area contributed by atoms with Crippen molar-refractivity contribution in [2.24, 2.45) is 0 Å².